The molecule has 1 aromatic heterocycles. The summed E-state index contributed by atoms with van der Waals surface area (Å²) in [6.07, 6.45) is -0.511. The van der Waals surface area contributed by atoms with Crippen molar-refractivity contribution in [2.24, 2.45) is 0 Å². The first-order valence-electron chi connectivity index (χ1n) is 14.5. The van der Waals surface area contributed by atoms with E-state index >= 15 is 0 Å². The Labute approximate surface area is 256 Å². The first-order valence-corrected chi connectivity index (χ1v) is 14.5. The number of benzene rings is 2. The van der Waals surface area contributed by atoms with Crippen LogP contribution in [0.15, 0.2) is 53.3 Å². The summed E-state index contributed by atoms with van der Waals surface area (Å²) in [7, 11) is 0. The number of halogens is 4. The molecule has 13 heteroatoms. The van der Waals surface area contributed by atoms with E-state index in [9.17, 15) is 31.9 Å². The average Bonchev–Trinajstić information content (AvgIpc) is 3.02. The van der Waals surface area contributed by atoms with Gasteiger partial charge in [-0.3, -0.25) is 14.4 Å². The topological polar surface area (TPSA) is 124 Å². The molecule has 1 aliphatic carbocycles. The summed E-state index contributed by atoms with van der Waals surface area (Å²) in [4.78, 5) is 50.8. The predicted octanol–water partition coefficient (Wildman–Crippen LogP) is 4.76. The number of nitrogens with zero attached hydrogens (tertiary/aromatic N) is 3. The van der Waals surface area contributed by atoms with Gasteiger partial charge >= 0.3 is 12.1 Å². The zero-order valence-corrected chi connectivity index (χ0v) is 24.9. The lowest BCUT2D eigenvalue weighted by Gasteiger charge is -2.44. The van der Waals surface area contributed by atoms with Crippen molar-refractivity contribution in [1.29, 1.82) is 0 Å². The number of piperazine rings is 1. The van der Waals surface area contributed by atoms with Crippen LogP contribution in [0.3, 0.4) is 0 Å². The molecule has 240 valence electrons. The largest absolute Gasteiger partial charge is 0.490 e. The average molecular weight is 631 g/mol. The third kappa shape index (κ3) is 7.95. The van der Waals surface area contributed by atoms with Crippen LogP contribution in [0, 0.1) is 19.7 Å². The lowest BCUT2D eigenvalue weighted by Crippen LogP contribution is -2.57. The number of carbonyl (C=O) groups excluding carboxylic acids is 2. The summed E-state index contributed by atoms with van der Waals surface area (Å²) in [5, 5.41) is 13.7. The molecule has 0 bridgehead atoms. The molecule has 2 heterocycles. The standard InChI is InChI=1S/C30H33FN4O3.C2HF3O2/c1-19-20(2)29(37)33-32-26(19)17-21-12-13-25(31)24(16-21)30(38)34-14-15-35(28(36)18-34)27-11-7-6-10-23(27)22-8-4-3-5-9-22;3-2(4,5)1(6)7/h3-5,8-9,12-13,16,23,27H,6-7,10-11,14-15,17-18H2,1-2H3,(H,33,37);(H,6,7)/t23-,27+;/m0./s1. The van der Waals surface area contributed by atoms with Gasteiger partial charge in [0.05, 0.1) is 11.3 Å². The van der Waals surface area contributed by atoms with Crippen LogP contribution in [-0.2, 0) is 16.0 Å². The van der Waals surface area contributed by atoms with Gasteiger partial charge in [0.15, 0.2) is 0 Å². The van der Waals surface area contributed by atoms with Crippen LogP contribution >= 0.6 is 0 Å². The molecule has 2 N–H and O–H groups in total. The van der Waals surface area contributed by atoms with Crippen LogP contribution in [0.1, 0.15) is 69.9 Å². The van der Waals surface area contributed by atoms with Crippen LogP contribution in [0.2, 0.25) is 0 Å². The summed E-state index contributed by atoms with van der Waals surface area (Å²) in [6.45, 7) is 4.30. The van der Waals surface area contributed by atoms with Crippen LogP contribution in [0.25, 0.3) is 0 Å². The third-order valence-corrected chi connectivity index (χ3v) is 8.41. The number of nitrogens with one attached hydrogen (secondary N) is 1. The zero-order valence-electron chi connectivity index (χ0n) is 24.9. The highest BCUT2D eigenvalue weighted by Gasteiger charge is 2.39. The van der Waals surface area contributed by atoms with Gasteiger partial charge < -0.3 is 14.9 Å². The molecule has 2 amide bonds. The van der Waals surface area contributed by atoms with Crippen molar-refractivity contribution in [3.8, 4) is 0 Å². The number of aliphatic carboxylic acids is 1. The molecule has 1 saturated heterocycles. The van der Waals surface area contributed by atoms with E-state index in [-0.39, 0.29) is 29.6 Å². The van der Waals surface area contributed by atoms with Gasteiger partial charge in [0.2, 0.25) is 5.91 Å². The molecule has 2 fully saturated rings. The highest BCUT2D eigenvalue weighted by Crippen LogP contribution is 2.37. The highest BCUT2D eigenvalue weighted by molar-refractivity contribution is 5.97. The van der Waals surface area contributed by atoms with E-state index in [2.05, 4.69) is 22.3 Å². The fourth-order valence-corrected chi connectivity index (χ4v) is 5.84. The fraction of sp³-hybridized carbons (Fsp3) is 0.406. The number of amides is 2. The number of hydrogen-bond donors (Lipinski definition) is 2. The summed E-state index contributed by atoms with van der Waals surface area (Å²) < 4.78 is 46.5. The Hall–Kier alpha value is -4.55. The zero-order chi connectivity index (χ0) is 32.9. The van der Waals surface area contributed by atoms with Crippen molar-refractivity contribution in [1.82, 2.24) is 20.0 Å². The number of carboxylic acids is 1. The second-order valence-electron chi connectivity index (χ2n) is 11.2. The Kier molecular flexibility index (Phi) is 10.4. The second kappa shape index (κ2) is 14.0. The third-order valence-electron chi connectivity index (χ3n) is 8.41. The number of aromatic nitrogens is 2. The van der Waals surface area contributed by atoms with E-state index < -0.39 is 23.9 Å². The van der Waals surface area contributed by atoms with Gasteiger partial charge in [-0.1, -0.05) is 49.2 Å². The maximum atomic E-state index is 14.8. The summed E-state index contributed by atoms with van der Waals surface area (Å²) in [5.74, 6) is -3.65. The van der Waals surface area contributed by atoms with Gasteiger partial charge in [0.1, 0.15) is 12.4 Å². The SMILES string of the molecule is Cc1c(Cc2ccc(F)c(C(=O)N3CCN([C@@H]4CCCC[C@H]4c4ccccc4)C(=O)C3)c2)n[nH]c(=O)c1C.O=C(O)C(F)(F)F. The van der Waals surface area contributed by atoms with Crippen molar-refractivity contribution in [2.45, 2.75) is 64.1 Å². The summed E-state index contributed by atoms with van der Waals surface area (Å²) in [5.41, 5.74) is 3.67. The molecule has 0 unspecified atom stereocenters. The number of hydrogen-bond acceptors (Lipinski definition) is 5. The molecule has 2 aromatic carbocycles. The van der Waals surface area contributed by atoms with Gasteiger partial charge in [-0.2, -0.15) is 18.3 Å². The number of alkyl halides is 3. The van der Waals surface area contributed by atoms with Gasteiger partial charge in [-0.25, -0.2) is 14.3 Å². The molecular weight excluding hydrogens is 596 g/mol. The van der Waals surface area contributed by atoms with Crippen LogP contribution in [-0.4, -0.2) is 74.7 Å². The first-order chi connectivity index (χ1) is 21.3. The van der Waals surface area contributed by atoms with Gasteiger partial charge in [0.25, 0.3) is 11.5 Å². The Morgan fingerprint density at radius 3 is 2.31 bits per heavy atom. The van der Waals surface area contributed by atoms with Crippen molar-refractivity contribution < 1.29 is 37.1 Å². The van der Waals surface area contributed by atoms with E-state index in [4.69, 9.17) is 9.90 Å². The van der Waals surface area contributed by atoms with Crippen molar-refractivity contribution in [3.05, 3.63) is 98.2 Å². The molecule has 1 saturated carbocycles. The monoisotopic (exact) mass is 630 g/mol. The predicted molar refractivity (Wildman–Crippen MR) is 156 cm³/mol. The van der Waals surface area contributed by atoms with E-state index in [1.54, 1.807) is 13.0 Å². The van der Waals surface area contributed by atoms with E-state index in [0.717, 1.165) is 31.2 Å². The van der Waals surface area contributed by atoms with Gasteiger partial charge in [0, 0.05) is 37.0 Å². The number of rotatable bonds is 5. The number of carboxylic acid groups (broad SMARTS) is 1. The smallest absolute Gasteiger partial charge is 0.475 e. The second-order valence-corrected chi connectivity index (χ2v) is 11.2. The Morgan fingerprint density at radius 1 is 1.00 bits per heavy atom. The number of aromatic amines is 1. The minimum absolute atomic E-state index is 0.0534. The lowest BCUT2D eigenvalue weighted by molar-refractivity contribution is -0.192. The molecule has 45 heavy (non-hydrogen) atoms. The van der Waals surface area contributed by atoms with Crippen molar-refractivity contribution >= 4 is 17.8 Å². The van der Waals surface area contributed by atoms with Gasteiger partial charge in [-0.05, 0) is 55.5 Å². The molecule has 9 nitrogen and oxygen atoms in total. The van der Waals surface area contributed by atoms with E-state index in [1.165, 1.54) is 22.6 Å². The Morgan fingerprint density at radius 2 is 1.67 bits per heavy atom. The highest BCUT2D eigenvalue weighted by atomic mass is 19.4. The van der Waals surface area contributed by atoms with Crippen LogP contribution in [0.5, 0.6) is 0 Å². The minimum Gasteiger partial charge on any atom is -0.475 e. The van der Waals surface area contributed by atoms with Crippen molar-refractivity contribution in [2.75, 3.05) is 19.6 Å². The normalized spacial score (nSPS) is 18.7. The number of carbonyl (C=O) groups is 3. The molecule has 5 rings (SSSR count). The number of H-pyrrole nitrogens is 1. The van der Waals surface area contributed by atoms with Crippen molar-refractivity contribution in [3.63, 3.8) is 0 Å². The Bertz CT molecular complexity index is 1610. The maximum absolute atomic E-state index is 14.8. The Balaban J connectivity index is 0.000000591. The molecule has 0 spiro atoms. The molecule has 2 aliphatic rings. The van der Waals surface area contributed by atoms with E-state index in [1.807, 2.05) is 30.0 Å². The quantitative estimate of drug-likeness (QED) is 0.392. The van der Waals surface area contributed by atoms with E-state index in [0.29, 0.717) is 42.2 Å². The first kappa shape index (κ1) is 33.3. The minimum atomic E-state index is -5.08. The van der Waals surface area contributed by atoms with Crippen LogP contribution < -0.4 is 5.56 Å². The van der Waals surface area contributed by atoms with Crippen LogP contribution in [0.4, 0.5) is 17.6 Å². The molecular formula is C32H34F4N4O5. The molecule has 0 radical (unpaired) electrons. The molecule has 2 atom stereocenters. The molecule has 1 aliphatic heterocycles. The molecule has 3 aromatic rings. The van der Waals surface area contributed by atoms with Gasteiger partial charge in [-0.15, -0.1) is 0 Å². The lowest BCUT2D eigenvalue weighted by atomic mass is 9.79. The maximum Gasteiger partial charge on any atom is 0.490 e. The summed E-state index contributed by atoms with van der Waals surface area (Å²) >= 11 is 0. The fourth-order valence-electron chi connectivity index (χ4n) is 5.84. The summed E-state index contributed by atoms with van der Waals surface area (Å²) in [6, 6.07) is 14.9.